The van der Waals surface area contributed by atoms with E-state index >= 15 is 0 Å². The number of para-hydroxylation sites is 2. The number of hydrogen-bond acceptors (Lipinski definition) is 4. The van der Waals surface area contributed by atoms with E-state index in [9.17, 15) is 9.59 Å². The van der Waals surface area contributed by atoms with Gasteiger partial charge in [0.2, 0.25) is 5.91 Å². The monoisotopic (exact) mass is 453 g/mol. The van der Waals surface area contributed by atoms with Gasteiger partial charge in [0.15, 0.2) is 0 Å². The quantitative estimate of drug-likeness (QED) is 0.641. The lowest BCUT2D eigenvalue weighted by molar-refractivity contribution is -0.131. The number of benzene rings is 2. The molecular weight excluding hydrogens is 426 g/mol. The maximum Gasteiger partial charge on any atom is 0.256 e. The molecule has 172 valence electrons. The van der Waals surface area contributed by atoms with Gasteiger partial charge in [-0.25, -0.2) is 4.98 Å². The van der Waals surface area contributed by atoms with E-state index < -0.39 is 5.54 Å². The van der Waals surface area contributed by atoms with Gasteiger partial charge in [0.05, 0.1) is 11.0 Å². The van der Waals surface area contributed by atoms with Gasteiger partial charge in [0.1, 0.15) is 17.2 Å². The summed E-state index contributed by atoms with van der Waals surface area (Å²) in [6, 6.07) is 16.2. The standard InChI is InChI=1S/C27H27N5O2/c33-25(20-9-10-20)31-14-11-17(15-31)16-32-24(30-27(12-13-27)26(32)34)19-7-5-18(6-8-19)23-28-21-3-1-2-4-22(21)29-23/h1-8,17,20H,9-16H2,(H,28,29)/t17-/m1/s1. The molecule has 1 spiro atoms. The molecule has 34 heavy (non-hydrogen) atoms. The highest BCUT2D eigenvalue weighted by atomic mass is 16.2. The summed E-state index contributed by atoms with van der Waals surface area (Å²) in [7, 11) is 0. The number of carbonyl (C=O) groups excluding carboxylic acids is 2. The van der Waals surface area contributed by atoms with E-state index in [1.54, 1.807) is 0 Å². The number of nitrogens with one attached hydrogen (secondary N) is 1. The summed E-state index contributed by atoms with van der Waals surface area (Å²) in [6.07, 6.45) is 4.69. The molecule has 0 radical (unpaired) electrons. The van der Waals surface area contributed by atoms with Crippen molar-refractivity contribution in [3.05, 3.63) is 54.1 Å². The van der Waals surface area contributed by atoms with Gasteiger partial charge >= 0.3 is 0 Å². The first-order chi connectivity index (χ1) is 16.6. The van der Waals surface area contributed by atoms with Gasteiger partial charge in [0, 0.05) is 36.7 Å². The Morgan fingerprint density at radius 2 is 1.79 bits per heavy atom. The van der Waals surface area contributed by atoms with Gasteiger partial charge in [-0.15, -0.1) is 0 Å². The molecule has 2 saturated carbocycles. The molecule has 1 aromatic heterocycles. The first-order valence-electron chi connectivity index (χ1n) is 12.4. The number of aliphatic imine (C=N–C) groups is 1. The number of amidine groups is 1. The van der Waals surface area contributed by atoms with Crippen molar-refractivity contribution in [2.75, 3.05) is 19.6 Å². The van der Waals surface area contributed by atoms with Crippen LogP contribution in [-0.2, 0) is 9.59 Å². The highest BCUT2D eigenvalue weighted by Gasteiger charge is 2.57. The maximum absolute atomic E-state index is 13.3. The summed E-state index contributed by atoms with van der Waals surface area (Å²) < 4.78 is 0. The zero-order valence-corrected chi connectivity index (χ0v) is 19.0. The Kier molecular flexibility index (Phi) is 4.26. The molecular formula is C27H27N5O2. The summed E-state index contributed by atoms with van der Waals surface area (Å²) in [6.45, 7) is 2.20. The number of hydrogen-bond donors (Lipinski definition) is 1. The molecule has 2 aromatic carbocycles. The first-order valence-corrected chi connectivity index (χ1v) is 12.4. The average molecular weight is 454 g/mol. The van der Waals surface area contributed by atoms with E-state index in [0.29, 0.717) is 18.4 Å². The number of rotatable bonds is 5. The smallest absolute Gasteiger partial charge is 0.256 e. The molecule has 3 aromatic rings. The second-order valence-corrected chi connectivity index (χ2v) is 10.3. The molecule has 7 nitrogen and oxygen atoms in total. The first kappa shape index (κ1) is 19.9. The zero-order chi connectivity index (χ0) is 22.9. The van der Waals surface area contributed by atoms with Crippen molar-refractivity contribution in [3.63, 3.8) is 0 Å². The van der Waals surface area contributed by atoms with Crippen molar-refractivity contribution in [1.29, 1.82) is 0 Å². The van der Waals surface area contributed by atoms with Gasteiger partial charge in [0.25, 0.3) is 5.91 Å². The number of carbonyl (C=O) groups is 2. The molecule has 2 amide bonds. The topological polar surface area (TPSA) is 81.7 Å². The number of nitrogens with zero attached hydrogens (tertiary/aromatic N) is 4. The Morgan fingerprint density at radius 3 is 2.53 bits per heavy atom. The second kappa shape index (κ2) is 7.26. The Labute approximate surface area is 197 Å². The second-order valence-electron chi connectivity index (χ2n) is 10.3. The van der Waals surface area contributed by atoms with Crippen molar-refractivity contribution in [2.45, 2.75) is 37.6 Å². The van der Waals surface area contributed by atoms with Gasteiger partial charge in [-0.2, -0.15) is 0 Å². The van der Waals surface area contributed by atoms with Crippen LogP contribution in [0.15, 0.2) is 53.5 Å². The van der Waals surface area contributed by atoms with Crippen LogP contribution in [0.25, 0.3) is 22.4 Å². The molecule has 2 aliphatic heterocycles. The van der Waals surface area contributed by atoms with Crippen LogP contribution in [0.4, 0.5) is 0 Å². The van der Waals surface area contributed by atoms with Gasteiger partial charge in [-0.1, -0.05) is 36.4 Å². The summed E-state index contributed by atoms with van der Waals surface area (Å²) in [4.78, 5) is 42.7. The molecule has 3 heterocycles. The van der Waals surface area contributed by atoms with Gasteiger partial charge in [-0.3, -0.25) is 19.5 Å². The molecule has 4 aliphatic rings. The van der Waals surface area contributed by atoms with Crippen LogP contribution >= 0.6 is 0 Å². The maximum atomic E-state index is 13.3. The van der Waals surface area contributed by atoms with Gasteiger partial charge in [-0.05, 0) is 50.2 Å². The third kappa shape index (κ3) is 3.25. The molecule has 7 rings (SSSR count). The number of H-pyrrole nitrogens is 1. The van der Waals surface area contributed by atoms with E-state index in [2.05, 4.69) is 4.98 Å². The van der Waals surface area contributed by atoms with E-state index in [1.807, 2.05) is 58.3 Å². The minimum Gasteiger partial charge on any atom is -0.342 e. The Morgan fingerprint density at radius 1 is 1.03 bits per heavy atom. The predicted octanol–water partition coefficient (Wildman–Crippen LogP) is 3.61. The number of likely N-dealkylation sites (tertiary alicyclic amines) is 1. The van der Waals surface area contributed by atoms with E-state index in [4.69, 9.17) is 9.98 Å². The number of fused-ring (bicyclic) bond motifs is 1. The number of imidazole rings is 1. The van der Waals surface area contributed by atoms with Crippen LogP contribution < -0.4 is 0 Å². The Hall–Kier alpha value is -3.48. The summed E-state index contributed by atoms with van der Waals surface area (Å²) >= 11 is 0. The molecule has 0 unspecified atom stereocenters. The van der Waals surface area contributed by atoms with Crippen molar-refractivity contribution >= 4 is 28.7 Å². The van der Waals surface area contributed by atoms with E-state index in [1.165, 1.54) is 0 Å². The number of aromatic amines is 1. The van der Waals surface area contributed by atoms with Crippen LogP contribution in [0.2, 0.25) is 0 Å². The fourth-order valence-electron chi connectivity index (χ4n) is 5.39. The van der Waals surface area contributed by atoms with Crippen molar-refractivity contribution in [1.82, 2.24) is 19.8 Å². The molecule has 2 aliphatic carbocycles. The molecule has 3 fully saturated rings. The third-order valence-electron chi connectivity index (χ3n) is 7.71. The van der Waals surface area contributed by atoms with Crippen LogP contribution in [-0.4, -0.2) is 62.6 Å². The minimum atomic E-state index is -0.533. The number of aromatic nitrogens is 2. The highest BCUT2D eigenvalue weighted by Crippen LogP contribution is 2.46. The molecule has 1 atom stereocenters. The normalized spacial score (nSPS) is 23.2. The van der Waals surface area contributed by atoms with Crippen LogP contribution in [0, 0.1) is 11.8 Å². The largest absolute Gasteiger partial charge is 0.342 e. The summed E-state index contributed by atoms with van der Waals surface area (Å²) in [5, 5.41) is 0. The Balaban J connectivity index is 1.12. The van der Waals surface area contributed by atoms with Crippen LogP contribution in [0.3, 0.4) is 0 Å². The summed E-state index contributed by atoms with van der Waals surface area (Å²) in [5.41, 5.74) is 3.39. The fraction of sp³-hybridized carbons (Fsp3) is 0.407. The van der Waals surface area contributed by atoms with Crippen molar-refractivity contribution < 1.29 is 9.59 Å². The highest BCUT2D eigenvalue weighted by molar-refractivity contribution is 6.16. The SMILES string of the molecule is O=C(C1CC1)N1CC[C@@H](CN2C(=O)C3(CC3)N=C2c2ccc(-c3nc4ccccc4[nH]3)cc2)C1. The molecule has 1 N–H and O–H groups in total. The lowest BCUT2D eigenvalue weighted by Gasteiger charge is -2.23. The number of amides is 2. The van der Waals surface area contributed by atoms with Gasteiger partial charge < -0.3 is 9.88 Å². The Bertz CT molecular complexity index is 1300. The van der Waals surface area contributed by atoms with Crippen LogP contribution in [0.5, 0.6) is 0 Å². The lowest BCUT2D eigenvalue weighted by Crippen LogP contribution is -2.40. The average Bonchev–Trinajstić information content (AvgIpc) is 3.75. The zero-order valence-electron chi connectivity index (χ0n) is 19.0. The van der Waals surface area contributed by atoms with E-state index in [0.717, 1.165) is 79.0 Å². The van der Waals surface area contributed by atoms with E-state index in [-0.39, 0.29) is 11.8 Å². The summed E-state index contributed by atoms with van der Waals surface area (Å²) in [5.74, 6) is 2.62. The van der Waals surface area contributed by atoms with Crippen molar-refractivity contribution in [3.8, 4) is 11.4 Å². The van der Waals surface area contributed by atoms with Crippen LogP contribution in [0.1, 0.15) is 37.7 Å². The fourth-order valence-corrected chi connectivity index (χ4v) is 5.39. The lowest BCUT2D eigenvalue weighted by atomic mass is 10.1. The predicted molar refractivity (Wildman–Crippen MR) is 129 cm³/mol. The third-order valence-corrected chi connectivity index (χ3v) is 7.71. The van der Waals surface area contributed by atoms with Crippen molar-refractivity contribution in [2.24, 2.45) is 16.8 Å². The molecule has 1 saturated heterocycles. The molecule has 0 bridgehead atoms. The molecule has 7 heteroatoms. The minimum absolute atomic E-state index is 0.135.